The summed E-state index contributed by atoms with van der Waals surface area (Å²) >= 11 is 0. The molecule has 0 bridgehead atoms. The fourth-order valence-corrected chi connectivity index (χ4v) is 3.90. The van der Waals surface area contributed by atoms with Gasteiger partial charge in [0.2, 0.25) is 0 Å². The van der Waals surface area contributed by atoms with E-state index >= 15 is 0 Å². The number of hydrogen-bond acceptors (Lipinski definition) is 3. The van der Waals surface area contributed by atoms with E-state index in [0.29, 0.717) is 6.61 Å². The van der Waals surface area contributed by atoms with Crippen LogP contribution in [0.1, 0.15) is 36.2 Å². The standard InChI is InChI=1S/C24H29N3O/c1-19-17-23(27(26-19)22-5-3-2-4-6-22)18-28-24-11-9-20(10-12-24)7-8-21-13-15-25-16-14-21/h2-6,9-12,17,21,25H,7-8,13-16,18H2,1H3. The first-order valence-corrected chi connectivity index (χ1v) is 10.3. The van der Waals surface area contributed by atoms with E-state index < -0.39 is 0 Å². The van der Waals surface area contributed by atoms with Gasteiger partial charge in [0, 0.05) is 0 Å². The minimum atomic E-state index is 0.504. The lowest BCUT2D eigenvalue weighted by atomic mass is 9.91. The Balaban J connectivity index is 1.34. The van der Waals surface area contributed by atoms with Gasteiger partial charge in [-0.15, -0.1) is 0 Å². The van der Waals surface area contributed by atoms with E-state index in [9.17, 15) is 0 Å². The van der Waals surface area contributed by atoms with Crippen LogP contribution in [-0.4, -0.2) is 22.9 Å². The van der Waals surface area contributed by atoms with E-state index in [0.717, 1.165) is 35.2 Å². The second-order valence-electron chi connectivity index (χ2n) is 7.69. The van der Waals surface area contributed by atoms with E-state index in [1.807, 2.05) is 29.8 Å². The summed E-state index contributed by atoms with van der Waals surface area (Å²) in [4.78, 5) is 0. The van der Waals surface area contributed by atoms with Gasteiger partial charge >= 0.3 is 0 Å². The van der Waals surface area contributed by atoms with Crippen molar-refractivity contribution in [2.45, 2.75) is 39.2 Å². The van der Waals surface area contributed by atoms with Gasteiger partial charge < -0.3 is 10.1 Å². The Morgan fingerprint density at radius 2 is 1.79 bits per heavy atom. The van der Waals surface area contributed by atoms with Crippen LogP contribution < -0.4 is 10.1 Å². The lowest BCUT2D eigenvalue weighted by Crippen LogP contribution is -2.27. The molecule has 1 aromatic heterocycles. The molecule has 0 amide bonds. The van der Waals surface area contributed by atoms with Crippen LogP contribution in [0.4, 0.5) is 0 Å². The van der Waals surface area contributed by atoms with Gasteiger partial charge in [0.25, 0.3) is 0 Å². The molecule has 0 saturated carbocycles. The normalized spacial score (nSPS) is 14.9. The van der Waals surface area contributed by atoms with Crippen LogP contribution in [0.25, 0.3) is 5.69 Å². The molecule has 4 heteroatoms. The number of aromatic nitrogens is 2. The Morgan fingerprint density at radius 1 is 1.04 bits per heavy atom. The number of piperidine rings is 1. The molecule has 2 heterocycles. The smallest absolute Gasteiger partial charge is 0.130 e. The second kappa shape index (κ2) is 9.07. The van der Waals surface area contributed by atoms with Crippen molar-refractivity contribution in [1.82, 2.24) is 15.1 Å². The van der Waals surface area contributed by atoms with E-state index in [4.69, 9.17) is 4.74 Å². The first-order chi connectivity index (χ1) is 13.8. The molecule has 1 N–H and O–H groups in total. The summed E-state index contributed by atoms with van der Waals surface area (Å²) in [5.74, 6) is 1.78. The maximum absolute atomic E-state index is 6.05. The summed E-state index contributed by atoms with van der Waals surface area (Å²) < 4.78 is 8.01. The van der Waals surface area contributed by atoms with E-state index in [1.165, 1.54) is 37.9 Å². The van der Waals surface area contributed by atoms with Crippen LogP contribution in [-0.2, 0) is 13.0 Å². The molecule has 3 aromatic rings. The molecule has 146 valence electrons. The molecule has 4 nitrogen and oxygen atoms in total. The lowest BCUT2D eigenvalue weighted by molar-refractivity contribution is 0.297. The third kappa shape index (κ3) is 4.82. The quantitative estimate of drug-likeness (QED) is 0.651. The average molecular weight is 376 g/mol. The predicted octanol–water partition coefficient (Wildman–Crippen LogP) is 4.69. The molecular formula is C24H29N3O. The first kappa shape index (κ1) is 18.8. The molecule has 0 aliphatic carbocycles. The summed E-state index contributed by atoms with van der Waals surface area (Å²) in [5.41, 5.74) is 4.51. The lowest BCUT2D eigenvalue weighted by Gasteiger charge is -2.22. The molecular weight excluding hydrogens is 346 g/mol. The van der Waals surface area contributed by atoms with E-state index in [-0.39, 0.29) is 0 Å². The Morgan fingerprint density at radius 3 is 2.54 bits per heavy atom. The monoisotopic (exact) mass is 375 g/mol. The van der Waals surface area contributed by atoms with Crippen LogP contribution >= 0.6 is 0 Å². The summed E-state index contributed by atoms with van der Waals surface area (Å²) in [7, 11) is 0. The molecule has 0 radical (unpaired) electrons. The zero-order chi connectivity index (χ0) is 19.2. The molecule has 0 atom stereocenters. The summed E-state index contributed by atoms with van der Waals surface area (Å²) in [6, 6.07) is 20.9. The summed E-state index contributed by atoms with van der Waals surface area (Å²) in [5, 5.41) is 8.05. The number of nitrogens with zero attached hydrogens (tertiary/aromatic N) is 2. The van der Waals surface area contributed by atoms with Gasteiger partial charge in [-0.2, -0.15) is 5.10 Å². The zero-order valence-corrected chi connectivity index (χ0v) is 16.6. The van der Waals surface area contributed by atoms with Crippen LogP contribution in [0, 0.1) is 12.8 Å². The molecule has 1 saturated heterocycles. The summed E-state index contributed by atoms with van der Waals surface area (Å²) in [6.45, 7) is 4.87. The molecule has 1 aliphatic rings. The number of para-hydroxylation sites is 1. The highest BCUT2D eigenvalue weighted by molar-refractivity contribution is 5.33. The van der Waals surface area contributed by atoms with Crippen molar-refractivity contribution in [2.75, 3.05) is 13.1 Å². The third-order valence-electron chi connectivity index (χ3n) is 5.52. The second-order valence-corrected chi connectivity index (χ2v) is 7.69. The molecule has 2 aromatic carbocycles. The van der Waals surface area contributed by atoms with Crippen LogP contribution in [0.3, 0.4) is 0 Å². The van der Waals surface area contributed by atoms with Gasteiger partial charge in [0.15, 0.2) is 0 Å². The van der Waals surface area contributed by atoms with Crippen LogP contribution in [0.2, 0.25) is 0 Å². The first-order valence-electron chi connectivity index (χ1n) is 10.3. The number of benzene rings is 2. The fraction of sp³-hybridized carbons (Fsp3) is 0.375. The van der Waals surface area contributed by atoms with Gasteiger partial charge in [-0.25, -0.2) is 4.68 Å². The molecule has 28 heavy (non-hydrogen) atoms. The highest BCUT2D eigenvalue weighted by atomic mass is 16.5. The number of aryl methyl sites for hydroxylation is 2. The molecule has 0 unspecified atom stereocenters. The Labute approximate surface area is 167 Å². The SMILES string of the molecule is Cc1cc(COc2ccc(CCC3CCNCC3)cc2)n(-c2ccccc2)n1. The maximum atomic E-state index is 6.05. The van der Waals surface area contributed by atoms with Crippen LogP contribution in [0.5, 0.6) is 5.75 Å². The van der Waals surface area contributed by atoms with Gasteiger partial charge in [0.05, 0.1) is 17.1 Å². The van der Waals surface area contributed by atoms with Gasteiger partial charge in [0.1, 0.15) is 12.4 Å². The highest BCUT2D eigenvalue weighted by Crippen LogP contribution is 2.21. The van der Waals surface area contributed by atoms with E-state index in [2.05, 4.69) is 52.9 Å². The maximum Gasteiger partial charge on any atom is 0.130 e. The topological polar surface area (TPSA) is 39.1 Å². The predicted molar refractivity (Wildman–Crippen MR) is 113 cm³/mol. The minimum Gasteiger partial charge on any atom is -0.487 e. The van der Waals surface area contributed by atoms with Crippen molar-refractivity contribution in [3.63, 3.8) is 0 Å². The van der Waals surface area contributed by atoms with Gasteiger partial charge in [-0.3, -0.25) is 0 Å². The Hall–Kier alpha value is -2.59. The summed E-state index contributed by atoms with van der Waals surface area (Å²) in [6.07, 6.45) is 5.08. The highest BCUT2D eigenvalue weighted by Gasteiger charge is 2.13. The van der Waals surface area contributed by atoms with E-state index in [1.54, 1.807) is 0 Å². The number of nitrogens with one attached hydrogen (secondary N) is 1. The average Bonchev–Trinajstić information content (AvgIpc) is 3.13. The largest absolute Gasteiger partial charge is 0.487 e. The van der Waals surface area contributed by atoms with Crippen molar-refractivity contribution in [1.29, 1.82) is 0 Å². The zero-order valence-electron chi connectivity index (χ0n) is 16.6. The van der Waals surface area contributed by atoms with Crippen molar-refractivity contribution in [3.05, 3.63) is 77.6 Å². The van der Waals surface area contributed by atoms with Crippen LogP contribution in [0.15, 0.2) is 60.7 Å². The number of hydrogen-bond donors (Lipinski definition) is 1. The molecule has 1 aliphatic heterocycles. The van der Waals surface area contributed by atoms with Crippen molar-refractivity contribution < 1.29 is 4.74 Å². The van der Waals surface area contributed by atoms with Gasteiger partial charge in [-0.1, -0.05) is 30.3 Å². The minimum absolute atomic E-state index is 0.504. The van der Waals surface area contributed by atoms with Gasteiger partial charge in [-0.05, 0) is 87.5 Å². The van der Waals surface area contributed by atoms with Crippen molar-refractivity contribution in [2.24, 2.45) is 5.92 Å². The molecule has 1 fully saturated rings. The molecule has 0 spiro atoms. The Kier molecular flexibility index (Phi) is 6.07. The van der Waals surface area contributed by atoms with Crippen molar-refractivity contribution >= 4 is 0 Å². The number of rotatable bonds is 7. The molecule has 4 rings (SSSR count). The van der Waals surface area contributed by atoms with Crippen molar-refractivity contribution in [3.8, 4) is 11.4 Å². The number of ether oxygens (including phenoxy) is 1. The Bertz CT molecular complexity index is 865. The third-order valence-corrected chi connectivity index (χ3v) is 5.52. The fourth-order valence-electron chi connectivity index (χ4n) is 3.90.